The van der Waals surface area contributed by atoms with Crippen molar-refractivity contribution in [3.63, 3.8) is 0 Å². The lowest BCUT2D eigenvalue weighted by Gasteiger charge is -2.39. The Kier molecular flexibility index (Phi) is 5.88. The fourth-order valence-corrected chi connectivity index (χ4v) is 4.75. The maximum Gasteiger partial charge on any atom is 0.416 e. The van der Waals surface area contributed by atoms with Crippen molar-refractivity contribution in [2.24, 2.45) is 0 Å². The molecule has 1 saturated heterocycles. The lowest BCUT2D eigenvalue weighted by molar-refractivity contribution is -0.137. The Labute approximate surface area is 170 Å². The number of benzene rings is 1. The summed E-state index contributed by atoms with van der Waals surface area (Å²) in [5.41, 5.74) is -0.766. The van der Waals surface area contributed by atoms with Crippen LogP contribution in [0, 0.1) is 0 Å². The second kappa shape index (κ2) is 7.92. The van der Waals surface area contributed by atoms with Crippen molar-refractivity contribution in [1.29, 1.82) is 0 Å². The van der Waals surface area contributed by atoms with Crippen LogP contribution in [-0.4, -0.2) is 54.2 Å². The minimum absolute atomic E-state index is 0.00958. The van der Waals surface area contributed by atoms with E-state index in [0.29, 0.717) is 5.02 Å². The van der Waals surface area contributed by atoms with Crippen molar-refractivity contribution in [3.05, 3.63) is 58.9 Å². The summed E-state index contributed by atoms with van der Waals surface area (Å²) in [6.45, 7) is 1.83. The second-order valence-electron chi connectivity index (χ2n) is 6.59. The molecule has 6 nitrogen and oxygen atoms in total. The molecule has 0 bridgehead atoms. The zero-order valence-corrected chi connectivity index (χ0v) is 16.8. The van der Waals surface area contributed by atoms with Gasteiger partial charge in [0.15, 0.2) is 0 Å². The molecule has 11 heteroatoms. The average Bonchev–Trinajstić information content (AvgIpc) is 2.67. The molecule has 0 saturated carbocycles. The Bertz CT molecular complexity index is 1010. The third kappa shape index (κ3) is 4.54. The number of pyridine rings is 1. The third-order valence-corrected chi connectivity index (χ3v) is 6.73. The Morgan fingerprint density at radius 2 is 1.83 bits per heavy atom. The first-order valence-electron chi connectivity index (χ1n) is 8.60. The summed E-state index contributed by atoms with van der Waals surface area (Å²) in [7, 11) is -3.99. The van der Waals surface area contributed by atoms with Crippen LogP contribution in [0.15, 0.2) is 47.5 Å². The predicted molar refractivity (Wildman–Crippen MR) is 99.9 cm³/mol. The van der Waals surface area contributed by atoms with E-state index < -0.39 is 27.8 Å². The number of rotatable bonds is 3. The zero-order chi connectivity index (χ0) is 21.4. The molecule has 0 radical (unpaired) electrons. The fraction of sp³-hybridized carbons (Fsp3) is 0.333. The minimum atomic E-state index is -4.54. The van der Waals surface area contributed by atoms with E-state index in [1.807, 2.05) is 0 Å². The number of carbonyl (C=O) groups is 1. The van der Waals surface area contributed by atoms with Crippen LogP contribution in [0.2, 0.25) is 5.02 Å². The number of amides is 1. The van der Waals surface area contributed by atoms with Gasteiger partial charge >= 0.3 is 6.18 Å². The van der Waals surface area contributed by atoms with Crippen LogP contribution in [0.1, 0.15) is 23.0 Å². The van der Waals surface area contributed by atoms with Crippen molar-refractivity contribution < 1.29 is 26.4 Å². The molecule has 1 aliphatic rings. The summed E-state index contributed by atoms with van der Waals surface area (Å²) in [5.74, 6) is -0.369. The van der Waals surface area contributed by atoms with Crippen LogP contribution in [0.3, 0.4) is 0 Å². The topological polar surface area (TPSA) is 70.6 Å². The summed E-state index contributed by atoms with van der Waals surface area (Å²) in [5, 5.41) is 0.361. The molecule has 0 N–H and O–H groups in total. The molecule has 2 heterocycles. The van der Waals surface area contributed by atoms with Crippen LogP contribution in [0.4, 0.5) is 13.2 Å². The number of carbonyl (C=O) groups excluding carboxylic acids is 1. The first-order valence-corrected chi connectivity index (χ1v) is 10.4. The number of sulfonamides is 1. The summed E-state index contributed by atoms with van der Waals surface area (Å²) < 4.78 is 64.8. The van der Waals surface area contributed by atoms with Gasteiger partial charge in [0.25, 0.3) is 5.91 Å². The van der Waals surface area contributed by atoms with Crippen molar-refractivity contribution >= 4 is 27.5 Å². The molecule has 1 aliphatic heterocycles. The highest BCUT2D eigenvalue weighted by Crippen LogP contribution is 2.30. The fourth-order valence-electron chi connectivity index (χ4n) is 3.08. The van der Waals surface area contributed by atoms with Crippen LogP contribution in [0.25, 0.3) is 0 Å². The molecule has 156 valence electrons. The van der Waals surface area contributed by atoms with Crippen LogP contribution in [-0.2, 0) is 16.2 Å². The molecule has 29 heavy (non-hydrogen) atoms. The molecule has 0 aliphatic carbocycles. The van der Waals surface area contributed by atoms with Crippen molar-refractivity contribution in [2.45, 2.75) is 24.0 Å². The minimum Gasteiger partial charge on any atom is -0.332 e. The third-order valence-electron chi connectivity index (χ3n) is 4.61. The highest BCUT2D eigenvalue weighted by Gasteiger charge is 2.36. The van der Waals surface area contributed by atoms with Gasteiger partial charge < -0.3 is 4.90 Å². The molecule has 2 aromatic rings. The van der Waals surface area contributed by atoms with Gasteiger partial charge in [0.1, 0.15) is 5.69 Å². The van der Waals surface area contributed by atoms with Gasteiger partial charge in [0, 0.05) is 36.9 Å². The molecular weight excluding hydrogens is 431 g/mol. The van der Waals surface area contributed by atoms with Gasteiger partial charge in [-0.3, -0.25) is 9.78 Å². The molecule has 1 amide bonds. The number of aromatic nitrogens is 1. The smallest absolute Gasteiger partial charge is 0.332 e. The lowest BCUT2D eigenvalue weighted by Crippen LogP contribution is -2.55. The molecule has 3 rings (SSSR count). The molecule has 0 spiro atoms. The lowest BCUT2D eigenvalue weighted by atomic mass is 10.2. The number of hydrogen-bond acceptors (Lipinski definition) is 4. The maximum atomic E-state index is 12.8. The highest BCUT2D eigenvalue weighted by molar-refractivity contribution is 7.89. The van der Waals surface area contributed by atoms with Gasteiger partial charge in [-0.25, -0.2) is 8.42 Å². The molecule has 1 atom stereocenters. The first kappa shape index (κ1) is 21.5. The standard InChI is InChI=1S/C18H17ClF3N3O3S/c1-12-11-24(8-9-25(12)17(26)16-10-14(19)6-7-23-16)29(27,28)15-4-2-13(3-5-15)18(20,21)22/h2-7,10,12H,8-9,11H2,1H3. The number of piperazine rings is 1. The van der Waals surface area contributed by atoms with E-state index in [-0.39, 0.29) is 36.1 Å². The predicted octanol–water partition coefficient (Wildman–Crippen LogP) is 3.29. The largest absolute Gasteiger partial charge is 0.416 e. The summed E-state index contributed by atoms with van der Waals surface area (Å²) >= 11 is 5.89. The van der Waals surface area contributed by atoms with Gasteiger partial charge in [-0.05, 0) is 43.3 Å². The number of halogens is 4. The number of hydrogen-bond donors (Lipinski definition) is 0. The van der Waals surface area contributed by atoms with Crippen LogP contribution in [0.5, 0.6) is 0 Å². The van der Waals surface area contributed by atoms with Crippen LogP contribution >= 0.6 is 11.6 Å². The number of nitrogens with zero attached hydrogens (tertiary/aromatic N) is 3. The molecule has 1 aromatic carbocycles. The van der Waals surface area contributed by atoms with Crippen molar-refractivity contribution in [3.8, 4) is 0 Å². The Morgan fingerprint density at radius 1 is 1.17 bits per heavy atom. The van der Waals surface area contributed by atoms with E-state index >= 15 is 0 Å². The zero-order valence-electron chi connectivity index (χ0n) is 15.2. The van der Waals surface area contributed by atoms with Gasteiger partial charge in [-0.15, -0.1) is 0 Å². The highest BCUT2D eigenvalue weighted by atomic mass is 35.5. The number of alkyl halides is 3. The van der Waals surface area contributed by atoms with Gasteiger partial charge in [-0.2, -0.15) is 17.5 Å². The Morgan fingerprint density at radius 3 is 2.38 bits per heavy atom. The second-order valence-corrected chi connectivity index (χ2v) is 8.97. The van der Waals surface area contributed by atoms with E-state index in [2.05, 4.69) is 4.98 Å². The SMILES string of the molecule is CC1CN(S(=O)(=O)c2ccc(C(F)(F)F)cc2)CCN1C(=O)c1cc(Cl)ccn1. The van der Waals surface area contributed by atoms with Crippen molar-refractivity contribution in [2.75, 3.05) is 19.6 Å². The summed E-state index contributed by atoms with van der Waals surface area (Å²) in [4.78, 5) is 17.9. The van der Waals surface area contributed by atoms with E-state index in [9.17, 15) is 26.4 Å². The molecule has 1 aromatic heterocycles. The molecule has 1 fully saturated rings. The quantitative estimate of drug-likeness (QED) is 0.724. The van der Waals surface area contributed by atoms with E-state index in [1.54, 1.807) is 6.92 Å². The van der Waals surface area contributed by atoms with Crippen molar-refractivity contribution in [1.82, 2.24) is 14.2 Å². The Balaban J connectivity index is 1.75. The van der Waals surface area contributed by atoms with Gasteiger partial charge in [0.05, 0.1) is 10.5 Å². The van der Waals surface area contributed by atoms with Gasteiger partial charge in [-0.1, -0.05) is 11.6 Å². The normalized spacial score (nSPS) is 18.7. The molecular formula is C18H17ClF3N3O3S. The van der Waals surface area contributed by atoms with E-state index in [1.165, 1.54) is 23.2 Å². The maximum absolute atomic E-state index is 12.8. The van der Waals surface area contributed by atoms with E-state index in [0.717, 1.165) is 28.6 Å². The Hall–Kier alpha value is -2.17. The first-order chi connectivity index (χ1) is 13.5. The average molecular weight is 448 g/mol. The monoisotopic (exact) mass is 447 g/mol. The van der Waals surface area contributed by atoms with Crippen LogP contribution < -0.4 is 0 Å². The molecule has 1 unspecified atom stereocenters. The summed E-state index contributed by atoms with van der Waals surface area (Å²) in [6.07, 6.45) is -3.14. The van der Waals surface area contributed by atoms with Gasteiger partial charge in [0.2, 0.25) is 10.0 Å². The summed E-state index contributed by atoms with van der Waals surface area (Å²) in [6, 6.07) is 5.87. The van der Waals surface area contributed by atoms with E-state index in [4.69, 9.17) is 11.6 Å².